The molecule has 0 aliphatic carbocycles. The van der Waals surface area contributed by atoms with Gasteiger partial charge in [0.25, 0.3) is 0 Å². The zero-order valence-corrected chi connectivity index (χ0v) is 7.48. The van der Waals surface area contributed by atoms with Crippen molar-refractivity contribution in [1.29, 1.82) is 0 Å². The van der Waals surface area contributed by atoms with Gasteiger partial charge in [0.05, 0.1) is 19.8 Å². The van der Waals surface area contributed by atoms with Crippen molar-refractivity contribution in [2.45, 2.75) is 13.3 Å². The van der Waals surface area contributed by atoms with Crippen LogP contribution in [-0.2, 0) is 0 Å². The second-order valence-electron chi connectivity index (χ2n) is 1.90. The van der Waals surface area contributed by atoms with E-state index in [-0.39, 0.29) is 19.8 Å². The van der Waals surface area contributed by atoms with Crippen LogP contribution >= 0.6 is 0 Å². The van der Waals surface area contributed by atoms with E-state index >= 15 is 0 Å². The van der Waals surface area contributed by atoms with Gasteiger partial charge in [0.15, 0.2) is 0 Å². The van der Waals surface area contributed by atoms with Crippen LogP contribution in [-0.4, -0.2) is 35.1 Å². The third-order valence-corrected chi connectivity index (χ3v) is 0.885. The molecule has 0 atom stereocenters. The summed E-state index contributed by atoms with van der Waals surface area (Å²) in [6, 6.07) is 0. The third kappa shape index (κ3) is 22.8. The van der Waals surface area contributed by atoms with Gasteiger partial charge in [-0.2, -0.15) is 0 Å². The largest absolute Gasteiger partial charge is 0.392 e. The molecule has 0 aliphatic rings. The number of allylic oxidation sites excluding steroid dienone is 1. The molecule has 3 heteroatoms. The van der Waals surface area contributed by atoms with Crippen molar-refractivity contribution in [2.24, 2.45) is 0 Å². The summed E-state index contributed by atoms with van der Waals surface area (Å²) in [5.41, 5.74) is 0. The van der Waals surface area contributed by atoms with Gasteiger partial charge in [0, 0.05) is 0 Å². The van der Waals surface area contributed by atoms with E-state index in [0.29, 0.717) is 0 Å². The van der Waals surface area contributed by atoms with Gasteiger partial charge in [-0.05, 0) is 6.42 Å². The molecule has 0 bridgehead atoms. The van der Waals surface area contributed by atoms with Gasteiger partial charge in [-0.3, -0.25) is 0 Å². The van der Waals surface area contributed by atoms with E-state index in [9.17, 15) is 0 Å². The summed E-state index contributed by atoms with van der Waals surface area (Å²) in [6.07, 6.45) is 7.65. The molecule has 0 spiro atoms. The first-order valence-corrected chi connectivity index (χ1v) is 3.96. The van der Waals surface area contributed by atoms with Crippen molar-refractivity contribution in [1.82, 2.24) is 0 Å². The fourth-order valence-electron chi connectivity index (χ4n) is 0.390. The third-order valence-electron chi connectivity index (χ3n) is 0.885. The zero-order valence-electron chi connectivity index (χ0n) is 7.48. The average Bonchev–Trinajstić information content (AvgIpc) is 2.12. The van der Waals surface area contributed by atoms with E-state index in [1.54, 1.807) is 6.08 Å². The van der Waals surface area contributed by atoms with E-state index in [2.05, 4.69) is 0 Å². The van der Waals surface area contributed by atoms with E-state index in [1.807, 2.05) is 13.0 Å². The molecule has 12 heavy (non-hydrogen) atoms. The van der Waals surface area contributed by atoms with Crippen molar-refractivity contribution in [3.05, 3.63) is 24.3 Å². The highest BCUT2D eigenvalue weighted by Gasteiger charge is 1.61. The minimum absolute atomic E-state index is 0.0144. The lowest BCUT2D eigenvalue weighted by Gasteiger charge is -1.73. The Labute approximate surface area is 73.7 Å². The molecule has 3 nitrogen and oxygen atoms in total. The summed E-state index contributed by atoms with van der Waals surface area (Å²) in [7, 11) is 0. The van der Waals surface area contributed by atoms with Crippen molar-refractivity contribution < 1.29 is 15.3 Å². The van der Waals surface area contributed by atoms with Crippen molar-refractivity contribution in [2.75, 3.05) is 19.8 Å². The number of aliphatic hydroxyl groups is 3. The first-order valence-electron chi connectivity index (χ1n) is 3.96. The maximum atomic E-state index is 8.11. The normalized spacial score (nSPS) is 10.3. The van der Waals surface area contributed by atoms with Crippen LogP contribution in [0.2, 0.25) is 0 Å². The monoisotopic (exact) mass is 174 g/mol. The molecule has 0 aromatic heterocycles. The average molecular weight is 174 g/mol. The Bertz CT molecular complexity index is 82.3. The van der Waals surface area contributed by atoms with E-state index in [0.717, 1.165) is 6.42 Å². The van der Waals surface area contributed by atoms with Crippen molar-refractivity contribution in [3.63, 3.8) is 0 Å². The molecule has 0 rings (SSSR count). The summed E-state index contributed by atoms with van der Waals surface area (Å²) in [5, 5.41) is 24.1. The van der Waals surface area contributed by atoms with Crippen LogP contribution in [0.5, 0.6) is 0 Å². The molecule has 0 aromatic carbocycles. The summed E-state index contributed by atoms with van der Waals surface area (Å²) in [4.78, 5) is 0. The highest BCUT2D eigenvalue weighted by atomic mass is 16.3. The van der Waals surface area contributed by atoms with E-state index < -0.39 is 0 Å². The molecule has 0 heterocycles. The molecule has 0 radical (unpaired) electrons. The SMILES string of the molecule is CC/C=C\CO.OC/C=C\CO. The van der Waals surface area contributed by atoms with Crippen LogP contribution in [0.3, 0.4) is 0 Å². The van der Waals surface area contributed by atoms with Gasteiger partial charge in [0.2, 0.25) is 0 Å². The minimum Gasteiger partial charge on any atom is -0.392 e. The maximum absolute atomic E-state index is 8.11. The summed E-state index contributed by atoms with van der Waals surface area (Å²) < 4.78 is 0. The summed E-state index contributed by atoms with van der Waals surface area (Å²) >= 11 is 0. The Morgan fingerprint density at radius 2 is 1.08 bits per heavy atom. The minimum atomic E-state index is 0.0144. The van der Waals surface area contributed by atoms with Gasteiger partial charge in [-0.1, -0.05) is 31.2 Å². The predicted molar refractivity (Wildman–Crippen MR) is 49.8 cm³/mol. The Morgan fingerprint density at radius 1 is 0.750 bits per heavy atom. The maximum Gasteiger partial charge on any atom is 0.0613 e. The molecule has 0 aromatic rings. The van der Waals surface area contributed by atoms with Crippen LogP contribution in [0.25, 0.3) is 0 Å². The first kappa shape index (κ1) is 13.9. The molecule has 0 saturated carbocycles. The Balaban J connectivity index is 0. The topological polar surface area (TPSA) is 60.7 Å². The summed E-state index contributed by atoms with van der Waals surface area (Å²) in [5.74, 6) is 0. The molecule has 0 amide bonds. The number of rotatable bonds is 4. The van der Waals surface area contributed by atoms with Gasteiger partial charge >= 0.3 is 0 Å². The number of hydrogen-bond donors (Lipinski definition) is 3. The lowest BCUT2D eigenvalue weighted by atomic mass is 10.4. The predicted octanol–water partition coefficient (Wildman–Crippen LogP) is 0.472. The summed E-state index contributed by atoms with van der Waals surface area (Å²) in [6.45, 7) is 2.24. The Kier molecular flexibility index (Phi) is 19.4. The van der Waals surface area contributed by atoms with Crippen LogP contribution in [0, 0.1) is 0 Å². The molecule has 3 N–H and O–H groups in total. The lowest BCUT2D eigenvalue weighted by molar-refractivity contribution is 0.329. The van der Waals surface area contributed by atoms with E-state index in [1.165, 1.54) is 12.2 Å². The molecule has 0 aliphatic heterocycles. The van der Waals surface area contributed by atoms with Crippen LogP contribution in [0.1, 0.15) is 13.3 Å². The van der Waals surface area contributed by atoms with Crippen molar-refractivity contribution in [3.8, 4) is 0 Å². The second-order valence-corrected chi connectivity index (χ2v) is 1.90. The fraction of sp³-hybridized carbons (Fsp3) is 0.556. The highest BCUT2D eigenvalue weighted by Crippen LogP contribution is 1.74. The Hall–Kier alpha value is -0.640. The second kappa shape index (κ2) is 16.8. The molecule has 72 valence electrons. The molecule has 0 saturated heterocycles. The van der Waals surface area contributed by atoms with Gasteiger partial charge in [-0.25, -0.2) is 0 Å². The number of aliphatic hydroxyl groups excluding tert-OH is 3. The van der Waals surface area contributed by atoms with Gasteiger partial charge in [-0.15, -0.1) is 0 Å². The lowest BCUT2D eigenvalue weighted by Crippen LogP contribution is -1.74. The molecule has 0 fully saturated rings. The fourth-order valence-corrected chi connectivity index (χ4v) is 0.390. The zero-order chi connectivity index (χ0) is 9.66. The number of hydrogen-bond acceptors (Lipinski definition) is 3. The molecular weight excluding hydrogens is 156 g/mol. The Morgan fingerprint density at radius 3 is 1.25 bits per heavy atom. The molecular formula is C9H18O3. The quantitative estimate of drug-likeness (QED) is 0.543. The van der Waals surface area contributed by atoms with Crippen LogP contribution < -0.4 is 0 Å². The van der Waals surface area contributed by atoms with Crippen LogP contribution in [0.4, 0.5) is 0 Å². The standard InChI is InChI=1S/C5H10O.C4H8O2/c1-2-3-4-5-6;5-3-1-2-4-6/h3-4,6H,2,5H2,1H3;1-2,5-6H,3-4H2/b4-3-;2-1-. The highest BCUT2D eigenvalue weighted by molar-refractivity contribution is 4.79. The smallest absolute Gasteiger partial charge is 0.0613 e. The van der Waals surface area contributed by atoms with Crippen molar-refractivity contribution >= 4 is 0 Å². The van der Waals surface area contributed by atoms with Crippen LogP contribution in [0.15, 0.2) is 24.3 Å². The first-order chi connectivity index (χ1) is 5.83. The molecule has 0 unspecified atom stereocenters. The van der Waals surface area contributed by atoms with Gasteiger partial charge < -0.3 is 15.3 Å². The van der Waals surface area contributed by atoms with E-state index in [4.69, 9.17) is 15.3 Å². The van der Waals surface area contributed by atoms with Gasteiger partial charge in [0.1, 0.15) is 0 Å².